The third kappa shape index (κ3) is 4.42. The van der Waals surface area contributed by atoms with Crippen LogP contribution in [-0.4, -0.2) is 28.4 Å². The summed E-state index contributed by atoms with van der Waals surface area (Å²) in [6, 6.07) is 6.05. The number of hydrogen-bond acceptors (Lipinski definition) is 5. The maximum atomic E-state index is 12.3. The Morgan fingerprint density at radius 2 is 1.92 bits per heavy atom. The summed E-state index contributed by atoms with van der Waals surface area (Å²) in [6.07, 6.45) is 5.56. The van der Waals surface area contributed by atoms with E-state index in [1.165, 1.54) is 24.3 Å². The van der Waals surface area contributed by atoms with Gasteiger partial charge in [0.05, 0.1) is 5.57 Å². The molecule has 1 aromatic rings. The Labute approximate surface area is 138 Å². The summed E-state index contributed by atoms with van der Waals surface area (Å²) in [4.78, 5) is 34.2. The number of benzene rings is 1. The second kappa shape index (κ2) is 7.92. The van der Waals surface area contributed by atoms with Crippen molar-refractivity contribution in [3.8, 4) is 11.5 Å². The van der Waals surface area contributed by atoms with Crippen LogP contribution in [0.1, 0.15) is 19.3 Å². The summed E-state index contributed by atoms with van der Waals surface area (Å²) < 4.78 is 5.15. The molecule has 0 atom stereocenters. The first kappa shape index (κ1) is 17.2. The zero-order valence-electron chi connectivity index (χ0n) is 12.8. The highest BCUT2D eigenvalue weighted by Gasteiger charge is 2.16. The monoisotopic (exact) mass is 328 g/mol. The van der Waals surface area contributed by atoms with Crippen LogP contribution in [-0.2, 0) is 14.4 Å². The van der Waals surface area contributed by atoms with Crippen LogP contribution in [0.25, 0.3) is 0 Å². The summed E-state index contributed by atoms with van der Waals surface area (Å²) in [5.41, 5.74) is 0.868. The molecule has 6 heteroatoms. The van der Waals surface area contributed by atoms with Crippen molar-refractivity contribution in [1.29, 1.82) is 0 Å². The lowest BCUT2D eigenvalue weighted by atomic mass is 9.98. The van der Waals surface area contributed by atoms with Crippen LogP contribution in [0.3, 0.4) is 0 Å². The number of carboxylic acids is 1. The molecule has 2 rings (SSSR count). The first-order chi connectivity index (χ1) is 11.5. The van der Waals surface area contributed by atoms with Gasteiger partial charge in [-0.15, -0.1) is 0 Å². The second-order valence-electron chi connectivity index (χ2n) is 5.13. The minimum Gasteiger partial charge on any atom is -0.504 e. The van der Waals surface area contributed by atoms with Gasteiger partial charge in [-0.2, -0.15) is 0 Å². The lowest BCUT2D eigenvalue weighted by molar-refractivity contribution is -0.132. The van der Waals surface area contributed by atoms with Crippen molar-refractivity contribution >= 4 is 18.2 Å². The van der Waals surface area contributed by atoms with Crippen LogP contribution in [0.2, 0.25) is 0 Å². The van der Waals surface area contributed by atoms with Crippen molar-refractivity contribution in [3.05, 3.63) is 59.2 Å². The molecular weight excluding hydrogens is 312 g/mol. The molecule has 0 heterocycles. The molecule has 1 aliphatic rings. The maximum absolute atomic E-state index is 12.3. The molecule has 0 unspecified atom stereocenters. The van der Waals surface area contributed by atoms with E-state index < -0.39 is 11.9 Å². The number of allylic oxidation sites excluding steroid dienone is 3. The SMILES string of the molecule is O=CCC1=CC(C(=O)O)=CCC(C(=O)Oc2ccccc2O)=CC1. The predicted octanol–water partition coefficient (Wildman–Crippen LogP) is 2.54. The number of esters is 1. The van der Waals surface area contributed by atoms with Crippen molar-refractivity contribution in [3.63, 3.8) is 0 Å². The predicted molar refractivity (Wildman–Crippen MR) is 85.5 cm³/mol. The van der Waals surface area contributed by atoms with Gasteiger partial charge < -0.3 is 19.7 Å². The fourth-order valence-corrected chi connectivity index (χ4v) is 2.17. The Hall–Kier alpha value is -3.15. The van der Waals surface area contributed by atoms with Crippen LogP contribution in [0.4, 0.5) is 0 Å². The fraction of sp³-hybridized carbons (Fsp3) is 0.167. The zero-order valence-corrected chi connectivity index (χ0v) is 12.8. The topological polar surface area (TPSA) is 101 Å². The van der Waals surface area contributed by atoms with E-state index >= 15 is 0 Å². The number of phenols is 1. The van der Waals surface area contributed by atoms with Crippen molar-refractivity contribution < 1.29 is 29.3 Å². The molecule has 6 nitrogen and oxygen atoms in total. The zero-order chi connectivity index (χ0) is 17.5. The van der Waals surface area contributed by atoms with Crippen LogP contribution >= 0.6 is 0 Å². The van der Waals surface area contributed by atoms with E-state index in [-0.39, 0.29) is 41.9 Å². The van der Waals surface area contributed by atoms with Gasteiger partial charge in [-0.05, 0) is 31.1 Å². The maximum Gasteiger partial charge on any atom is 0.339 e. The Morgan fingerprint density at radius 3 is 2.58 bits per heavy atom. The standard InChI is InChI=1S/C18H16O6/c19-10-9-12-5-6-13(7-8-14(11-12)17(21)22)18(23)24-16-4-2-1-3-15(16)20/h1-4,6,8,10-11,20H,5,7,9H2,(H,21,22). The van der Waals surface area contributed by atoms with E-state index in [2.05, 4.69) is 0 Å². The minimum absolute atomic E-state index is 0.0211. The molecule has 124 valence electrons. The fourth-order valence-electron chi connectivity index (χ4n) is 2.17. The van der Waals surface area contributed by atoms with Gasteiger partial charge in [0.1, 0.15) is 6.29 Å². The van der Waals surface area contributed by atoms with Crippen molar-refractivity contribution in [2.45, 2.75) is 19.3 Å². The highest BCUT2D eigenvalue weighted by atomic mass is 16.5. The molecule has 0 saturated heterocycles. The molecule has 0 fully saturated rings. The van der Waals surface area contributed by atoms with E-state index in [1.54, 1.807) is 18.2 Å². The number of hydrogen-bond donors (Lipinski definition) is 2. The number of ether oxygens (including phenoxy) is 1. The molecule has 0 aromatic heterocycles. The van der Waals surface area contributed by atoms with E-state index in [1.807, 2.05) is 0 Å². The number of phenolic OH excluding ortho intramolecular Hbond substituents is 1. The first-order valence-electron chi connectivity index (χ1n) is 7.27. The molecule has 0 amide bonds. The van der Waals surface area contributed by atoms with Crippen LogP contribution in [0, 0.1) is 0 Å². The highest BCUT2D eigenvalue weighted by Crippen LogP contribution is 2.26. The number of aromatic hydroxyl groups is 1. The molecule has 0 saturated carbocycles. The quantitative estimate of drug-likeness (QED) is 0.489. The van der Waals surface area contributed by atoms with Crippen LogP contribution in [0.5, 0.6) is 11.5 Å². The number of aldehydes is 1. The minimum atomic E-state index is -1.13. The Morgan fingerprint density at radius 1 is 1.17 bits per heavy atom. The van der Waals surface area contributed by atoms with Crippen molar-refractivity contribution in [2.24, 2.45) is 0 Å². The van der Waals surface area contributed by atoms with Gasteiger partial charge >= 0.3 is 11.9 Å². The van der Waals surface area contributed by atoms with Gasteiger partial charge in [-0.3, -0.25) is 0 Å². The largest absolute Gasteiger partial charge is 0.504 e. The van der Waals surface area contributed by atoms with E-state index in [4.69, 9.17) is 9.84 Å². The summed E-state index contributed by atoms with van der Waals surface area (Å²) in [6.45, 7) is 0. The number of para-hydroxylation sites is 2. The van der Waals surface area contributed by atoms with E-state index in [0.717, 1.165) is 0 Å². The third-order valence-corrected chi connectivity index (χ3v) is 3.43. The molecule has 0 radical (unpaired) electrons. The molecule has 0 spiro atoms. The summed E-state index contributed by atoms with van der Waals surface area (Å²) in [5, 5.41) is 18.8. The smallest absolute Gasteiger partial charge is 0.339 e. The lowest BCUT2D eigenvalue weighted by Crippen LogP contribution is -2.12. The van der Waals surface area contributed by atoms with Gasteiger partial charge in [0.2, 0.25) is 0 Å². The van der Waals surface area contributed by atoms with Gasteiger partial charge in [-0.25, -0.2) is 9.59 Å². The van der Waals surface area contributed by atoms with Gasteiger partial charge in [0.15, 0.2) is 11.5 Å². The summed E-state index contributed by atoms with van der Waals surface area (Å²) in [5.74, 6) is -1.95. The lowest BCUT2D eigenvalue weighted by Gasteiger charge is -2.11. The Bertz CT molecular complexity index is 755. The Balaban J connectivity index is 2.23. The van der Waals surface area contributed by atoms with Crippen LogP contribution in [0.15, 0.2) is 59.2 Å². The molecule has 0 bridgehead atoms. The summed E-state index contributed by atoms with van der Waals surface area (Å²) in [7, 11) is 0. The van der Waals surface area contributed by atoms with Gasteiger partial charge in [0, 0.05) is 12.0 Å². The molecule has 1 aromatic carbocycles. The number of aliphatic carboxylic acids is 1. The Kier molecular flexibility index (Phi) is 5.68. The third-order valence-electron chi connectivity index (χ3n) is 3.43. The molecular formula is C18H16O6. The van der Waals surface area contributed by atoms with Crippen LogP contribution < -0.4 is 4.74 Å². The number of rotatable bonds is 5. The van der Waals surface area contributed by atoms with E-state index in [0.29, 0.717) is 11.9 Å². The van der Waals surface area contributed by atoms with Gasteiger partial charge in [0.25, 0.3) is 0 Å². The normalized spacial score (nSPS) is 14.4. The first-order valence-corrected chi connectivity index (χ1v) is 7.27. The van der Waals surface area contributed by atoms with Crippen molar-refractivity contribution in [1.82, 2.24) is 0 Å². The second-order valence-corrected chi connectivity index (χ2v) is 5.13. The highest BCUT2D eigenvalue weighted by molar-refractivity contribution is 5.93. The molecule has 2 N–H and O–H groups in total. The van der Waals surface area contributed by atoms with E-state index in [9.17, 15) is 19.5 Å². The van der Waals surface area contributed by atoms with Crippen molar-refractivity contribution in [2.75, 3.05) is 0 Å². The average molecular weight is 328 g/mol. The number of carbonyl (C=O) groups is 3. The number of carboxylic acid groups (broad SMARTS) is 1. The van der Waals surface area contributed by atoms with Gasteiger partial charge in [-0.1, -0.05) is 29.9 Å². The molecule has 24 heavy (non-hydrogen) atoms. The number of carbonyl (C=O) groups excluding carboxylic acids is 2. The average Bonchev–Trinajstić information content (AvgIpc) is 2.52. The summed E-state index contributed by atoms with van der Waals surface area (Å²) >= 11 is 0. The molecule has 1 aliphatic carbocycles. The molecule has 0 aliphatic heterocycles.